The quantitative estimate of drug-likeness (QED) is 0.776. The van der Waals surface area contributed by atoms with E-state index in [1.807, 2.05) is 0 Å². The van der Waals surface area contributed by atoms with E-state index in [0.717, 1.165) is 26.0 Å². The summed E-state index contributed by atoms with van der Waals surface area (Å²) < 4.78 is 30.1. The van der Waals surface area contributed by atoms with E-state index in [2.05, 4.69) is 12.2 Å². The van der Waals surface area contributed by atoms with E-state index in [1.54, 1.807) is 0 Å². The lowest BCUT2D eigenvalue weighted by molar-refractivity contribution is 0.127. The van der Waals surface area contributed by atoms with Gasteiger partial charge in [-0.2, -0.15) is 0 Å². The van der Waals surface area contributed by atoms with Gasteiger partial charge in [0.2, 0.25) is 0 Å². The van der Waals surface area contributed by atoms with Gasteiger partial charge >= 0.3 is 0 Å². The Labute approximate surface area is 117 Å². The summed E-state index contributed by atoms with van der Waals surface area (Å²) in [6, 6.07) is 0.138. The number of nitrogens with one attached hydrogen (secondary N) is 1. The summed E-state index contributed by atoms with van der Waals surface area (Å²) in [5.74, 6) is 1.03. The normalized spacial score (nSPS) is 26.9. The van der Waals surface area contributed by atoms with Crippen molar-refractivity contribution in [2.45, 2.75) is 57.6 Å². The molecule has 2 rings (SSSR count). The van der Waals surface area contributed by atoms with Crippen LogP contribution in [0.25, 0.3) is 0 Å². The Morgan fingerprint density at radius 1 is 1.21 bits per heavy atom. The van der Waals surface area contributed by atoms with Crippen LogP contribution in [0.2, 0.25) is 0 Å². The van der Waals surface area contributed by atoms with Crippen LogP contribution >= 0.6 is 0 Å². The Bertz CT molecular complexity index is 357. The van der Waals surface area contributed by atoms with Crippen molar-refractivity contribution >= 4 is 9.84 Å². The molecular formula is C14H27NO3S. The lowest BCUT2D eigenvalue weighted by atomic mass is 10.00. The van der Waals surface area contributed by atoms with Crippen molar-refractivity contribution in [2.24, 2.45) is 5.92 Å². The summed E-state index contributed by atoms with van der Waals surface area (Å²) in [6.07, 6.45) is 6.68. The van der Waals surface area contributed by atoms with Crippen molar-refractivity contribution in [3.05, 3.63) is 0 Å². The van der Waals surface area contributed by atoms with Gasteiger partial charge in [-0.05, 0) is 38.1 Å². The molecule has 0 aromatic carbocycles. The molecule has 2 atom stereocenters. The Balaban J connectivity index is 1.90. The van der Waals surface area contributed by atoms with Crippen LogP contribution < -0.4 is 5.32 Å². The Morgan fingerprint density at radius 2 is 1.95 bits per heavy atom. The van der Waals surface area contributed by atoms with Crippen LogP contribution in [0.15, 0.2) is 0 Å². The molecule has 112 valence electrons. The summed E-state index contributed by atoms with van der Waals surface area (Å²) in [7, 11) is -3.01. The van der Waals surface area contributed by atoms with Crippen molar-refractivity contribution in [1.82, 2.24) is 5.32 Å². The maximum Gasteiger partial charge on any atom is 0.154 e. The van der Waals surface area contributed by atoms with Crippen molar-refractivity contribution in [3.63, 3.8) is 0 Å². The van der Waals surface area contributed by atoms with E-state index >= 15 is 0 Å². The molecule has 0 aromatic heterocycles. The Morgan fingerprint density at radius 3 is 2.53 bits per heavy atom. The highest BCUT2D eigenvalue weighted by molar-refractivity contribution is 7.91. The van der Waals surface area contributed by atoms with Gasteiger partial charge in [-0.3, -0.25) is 0 Å². The highest BCUT2D eigenvalue weighted by Crippen LogP contribution is 2.28. The number of ether oxygens (including phenoxy) is 1. The molecule has 2 unspecified atom stereocenters. The van der Waals surface area contributed by atoms with Gasteiger partial charge in [0.05, 0.1) is 17.6 Å². The summed E-state index contributed by atoms with van der Waals surface area (Å²) in [4.78, 5) is 0. The zero-order chi connectivity index (χ0) is 13.7. The van der Waals surface area contributed by atoms with Gasteiger partial charge in [0, 0.05) is 12.6 Å². The Hall–Kier alpha value is -0.130. The van der Waals surface area contributed by atoms with Crippen molar-refractivity contribution in [2.75, 3.05) is 24.7 Å². The second kappa shape index (κ2) is 7.04. The first-order chi connectivity index (χ1) is 9.11. The molecule has 1 heterocycles. The SMILES string of the molecule is CCNC(CS(=O)(=O)CC1CCCO1)C1CCCC1. The van der Waals surface area contributed by atoms with Gasteiger partial charge < -0.3 is 10.1 Å². The third-order valence-corrected chi connectivity index (χ3v) is 6.08. The van der Waals surface area contributed by atoms with Crippen LogP contribution in [0.1, 0.15) is 45.4 Å². The first kappa shape index (κ1) is 15.3. The second-order valence-electron chi connectivity index (χ2n) is 5.92. The third-order valence-electron chi connectivity index (χ3n) is 4.33. The molecule has 4 nitrogen and oxygen atoms in total. The topological polar surface area (TPSA) is 55.4 Å². The zero-order valence-electron chi connectivity index (χ0n) is 11.9. The largest absolute Gasteiger partial charge is 0.377 e. The summed E-state index contributed by atoms with van der Waals surface area (Å²) >= 11 is 0. The first-order valence-corrected chi connectivity index (χ1v) is 9.48. The minimum absolute atomic E-state index is 0.0594. The second-order valence-corrected chi connectivity index (χ2v) is 8.07. The number of rotatable bonds is 7. The summed E-state index contributed by atoms with van der Waals surface area (Å²) in [5.41, 5.74) is 0. The fourth-order valence-electron chi connectivity index (χ4n) is 3.38. The molecular weight excluding hydrogens is 262 g/mol. The van der Waals surface area contributed by atoms with E-state index in [1.165, 1.54) is 25.7 Å². The maximum atomic E-state index is 12.3. The van der Waals surface area contributed by atoms with Crippen molar-refractivity contribution < 1.29 is 13.2 Å². The van der Waals surface area contributed by atoms with Gasteiger partial charge in [-0.25, -0.2) is 8.42 Å². The number of hydrogen-bond donors (Lipinski definition) is 1. The fraction of sp³-hybridized carbons (Fsp3) is 1.00. The van der Waals surface area contributed by atoms with Crippen LogP contribution in [0.5, 0.6) is 0 Å². The van der Waals surface area contributed by atoms with Crippen LogP contribution in [0, 0.1) is 5.92 Å². The average molecular weight is 289 g/mol. The molecule has 1 aliphatic heterocycles. The number of hydrogen-bond acceptors (Lipinski definition) is 4. The minimum Gasteiger partial charge on any atom is -0.377 e. The molecule has 19 heavy (non-hydrogen) atoms. The van der Waals surface area contributed by atoms with E-state index in [0.29, 0.717) is 5.92 Å². The third kappa shape index (κ3) is 4.72. The summed E-state index contributed by atoms with van der Waals surface area (Å²) in [6.45, 7) is 3.62. The van der Waals surface area contributed by atoms with Gasteiger partial charge in [0.1, 0.15) is 0 Å². The van der Waals surface area contributed by atoms with Gasteiger partial charge in [-0.15, -0.1) is 0 Å². The molecule has 1 N–H and O–H groups in total. The molecule has 2 fully saturated rings. The van der Waals surface area contributed by atoms with E-state index < -0.39 is 9.84 Å². The molecule has 0 amide bonds. The predicted octanol–water partition coefficient (Wildman–Crippen LogP) is 1.75. The van der Waals surface area contributed by atoms with E-state index in [9.17, 15) is 8.42 Å². The van der Waals surface area contributed by atoms with Crippen LogP contribution in [-0.4, -0.2) is 45.2 Å². The van der Waals surface area contributed by atoms with Crippen LogP contribution in [-0.2, 0) is 14.6 Å². The van der Waals surface area contributed by atoms with E-state index in [4.69, 9.17) is 4.74 Å². The Kier molecular flexibility index (Phi) is 5.66. The van der Waals surface area contributed by atoms with Gasteiger partial charge in [-0.1, -0.05) is 19.8 Å². The van der Waals surface area contributed by atoms with Crippen LogP contribution in [0.4, 0.5) is 0 Å². The van der Waals surface area contributed by atoms with Crippen molar-refractivity contribution in [3.8, 4) is 0 Å². The fourth-order valence-corrected chi connectivity index (χ4v) is 5.29. The summed E-state index contributed by atoms with van der Waals surface area (Å²) in [5, 5.41) is 3.39. The zero-order valence-corrected chi connectivity index (χ0v) is 12.8. The lowest BCUT2D eigenvalue weighted by Gasteiger charge is -2.24. The highest BCUT2D eigenvalue weighted by Gasteiger charge is 2.31. The first-order valence-electron chi connectivity index (χ1n) is 7.66. The molecule has 0 spiro atoms. The molecule has 0 aromatic rings. The standard InChI is InChI=1S/C14H27NO3S/c1-2-15-14(12-6-3-4-7-12)11-19(16,17)10-13-8-5-9-18-13/h12-15H,2-11H2,1H3. The predicted molar refractivity (Wildman–Crippen MR) is 77.1 cm³/mol. The molecule has 1 aliphatic carbocycles. The lowest BCUT2D eigenvalue weighted by Crippen LogP contribution is -2.42. The highest BCUT2D eigenvalue weighted by atomic mass is 32.2. The molecule has 1 saturated heterocycles. The van der Waals surface area contributed by atoms with Crippen molar-refractivity contribution in [1.29, 1.82) is 0 Å². The van der Waals surface area contributed by atoms with E-state index in [-0.39, 0.29) is 23.7 Å². The molecule has 2 aliphatic rings. The smallest absolute Gasteiger partial charge is 0.154 e. The van der Waals surface area contributed by atoms with Gasteiger partial charge in [0.25, 0.3) is 0 Å². The minimum atomic E-state index is -3.01. The number of sulfone groups is 1. The average Bonchev–Trinajstić information content (AvgIpc) is 2.99. The molecule has 1 saturated carbocycles. The maximum absolute atomic E-state index is 12.3. The van der Waals surface area contributed by atoms with Gasteiger partial charge in [0.15, 0.2) is 9.84 Å². The molecule has 0 radical (unpaired) electrons. The molecule has 0 bridgehead atoms. The monoisotopic (exact) mass is 289 g/mol. The van der Waals surface area contributed by atoms with Crippen LogP contribution in [0.3, 0.4) is 0 Å². The molecule has 5 heteroatoms.